The Bertz CT molecular complexity index is 414. The van der Waals surface area contributed by atoms with Crippen molar-refractivity contribution >= 4 is 17.6 Å². The molecule has 0 atom stereocenters. The number of carbonyl (C=O) groups is 1. The fourth-order valence-electron chi connectivity index (χ4n) is 1.58. The van der Waals surface area contributed by atoms with E-state index in [0.717, 1.165) is 18.8 Å². The first kappa shape index (κ1) is 17.2. The van der Waals surface area contributed by atoms with Crippen molar-refractivity contribution in [1.29, 1.82) is 0 Å². The van der Waals surface area contributed by atoms with Gasteiger partial charge in [0.1, 0.15) is 18.2 Å². The second-order valence-electron chi connectivity index (χ2n) is 4.37. The SMILES string of the molecule is CCCNc1cc(NCCC(=O)OC)nc(COCC)n1. The van der Waals surface area contributed by atoms with Gasteiger partial charge in [0.15, 0.2) is 5.82 Å². The first-order valence-electron chi connectivity index (χ1n) is 7.19. The van der Waals surface area contributed by atoms with Crippen LogP contribution >= 0.6 is 0 Å². The monoisotopic (exact) mass is 296 g/mol. The molecule has 0 fully saturated rings. The van der Waals surface area contributed by atoms with Crippen molar-refractivity contribution in [2.75, 3.05) is 37.4 Å². The van der Waals surface area contributed by atoms with Crippen LogP contribution in [0.5, 0.6) is 0 Å². The fraction of sp³-hybridized carbons (Fsp3) is 0.643. The molecular weight excluding hydrogens is 272 g/mol. The molecule has 0 aliphatic heterocycles. The molecule has 0 radical (unpaired) electrons. The topological polar surface area (TPSA) is 85.4 Å². The molecule has 0 unspecified atom stereocenters. The molecule has 0 saturated heterocycles. The maximum Gasteiger partial charge on any atom is 0.307 e. The number of hydrogen-bond donors (Lipinski definition) is 2. The van der Waals surface area contributed by atoms with E-state index in [9.17, 15) is 4.79 Å². The molecule has 1 aromatic rings. The van der Waals surface area contributed by atoms with Crippen molar-refractivity contribution < 1.29 is 14.3 Å². The Kier molecular flexibility index (Phi) is 8.11. The highest BCUT2D eigenvalue weighted by molar-refractivity contribution is 5.69. The highest BCUT2D eigenvalue weighted by atomic mass is 16.5. The molecule has 1 heterocycles. The van der Waals surface area contributed by atoms with Gasteiger partial charge in [-0.3, -0.25) is 4.79 Å². The second kappa shape index (κ2) is 9.93. The summed E-state index contributed by atoms with van der Waals surface area (Å²) in [5.41, 5.74) is 0. The lowest BCUT2D eigenvalue weighted by molar-refractivity contribution is -0.140. The van der Waals surface area contributed by atoms with E-state index in [-0.39, 0.29) is 5.97 Å². The number of anilines is 2. The third kappa shape index (κ3) is 6.89. The van der Waals surface area contributed by atoms with Gasteiger partial charge in [-0.05, 0) is 13.3 Å². The summed E-state index contributed by atoms with van der Waals surface area (Å²) >= 11 is 0. The normalized spacial score (nSPS) is 10.2. The van der Waals surface area contributed by atoms with Crippen LogP contribution in [0.25, 0.3) is 0 Å². The maximum absolute atomic E-state index is 11.1. The molecule has 0 aliphatic carbocycles. The van der Waals surface area contributed by atoms with Crippen molar-refractivity contribution in [2.24, 2.45) is 0 Å². The van der Waals surface area contributed by atoms with Crippen molar-refractivity contribution in [2.45, 2.75) is 33.3 Å². The Labute approximate surface area is 125 Å². The molecule has 118 valence electrons. The van der Waals surface area contributed by atoms with Gasteiger partial charge in [-0.1, -0.05) is 6.92 Å². The molecule has 0 saturated carbocycles. The summed E-state index contributed by atoms with van der Waals surface area (Å²) in [7, 11) is 1.37. The van der Waals surface area contributed by atoms with E-state index >= 15 is 0 Å². The molecule has 21 heavy (non-hydrogen) atoms. The smallest absolute Gasteiger partial charge is 0.307 e. The largest absolute Gasteiger partial charge is 0.469 e. The number of nitrogens with one attached hydrogen (secondary N) is 2. The molecule has 0 bridgehead atoms. The summed E-state index contributed by atoms with van der Waals surface area (Å²) in [5, 5.41) is 6.32. The Hall–Kier alpha value is -1.89. The molecule has 1 aromatic heterocycles. The van der Waals surface area contributed by atoms with Crippen LogP contribution in [-0.2, 0) is 20.9 Å². The van der Waals surface area contributed by atoms with Gasteiger partial charge in [-0.25, -0.2) is 9.97 Å². The summed E-state index contributed by atoms with van der Waals surface area (Å²) in [4.78, 5) is 19.8. The van der Waals surface area contributed by atoms with Gasteiger partial charge in [-0.15, -0.1) is 0 Å². The first-order chi connectivity index (χ1) is 10.2. The molecule has 0 aliphatic rings. The van der Waals surface area contributed by atoms with E-state index in [0.29, 0.717) is 37.8 Å². The summed E-state index contributed by atoms with van der Waals surface area (Å²) in [6, 6.07) is 1.82. The minimum atomic E-state index is -0.254. The zero-order valence-corrected chi connectivity index (χ0v) is 12.9. The lowest BCUT2D eigenvalue weighted by Crippen LogP contribution is -2.13. The number of rotatable bonds is 10. The number of carbonyl (C=O) groups excluding carboxylic acids is 1. The quantitative estimate of drug-likeness (QED) is 0.637. The summed E-state index contributed by atoms with van der Waals surface area (Å²) in [6.45, 7) is 6.29. The molecular formula is C14H24N4O3. The van der Waals surface area contributed by atoms with Gasteiger partial charge in [0.2, 0.25) is 0 Å². The predicted octanol–water partition coefficient (Wildman–Crippen LogP) is 1.81. The Balaban J connectivity index is 2.68. The lowest BCUT2D eigenvalue weighted by Gasteiger charge is -2.11. The number of hydrogen-bond acceptors (Lipinski definition) is 7. The van der Waals surface area contributed by atoms with Gasteiger partial charge in [0, 0.05) is 25.8 Å². The van der Waals surface area contributed by atoms with Crippen LogP contribution in [-0.4, -0.2) is 42.7 Å². The van der Waals surface area contributed by atoms with Crippen LogP contribution in [0.1, 0.15) is 32.5 Å². The third-order valence-electron chi connectivity index (χ3n) is 2.63. The van der Waals surface area contributed by atoms with Crippen LogP contribution in [0.15, 0.2) is 6.07 Å². The highest BCUT2D eigenvalue weighted by Gasteiger charge is 2.06. The zero-order chi connectivity index (χ0) is 15.5. The Morgan fingerprint density at radius 1 is 1.19 bits per heavy atom. The van der Waals surface area contributed by atoms with Crippen LogP contribution in [0.4, 0.5) is 11.6 Å². The van der Waals surface area contributed by atoms with Gasteiger partial charge < -0.3 is 20.1 Å². The molecule has 0 spiro atoms. The standard InChI is InChI=1S/C14H24N4O3/c1-4-7-15-11-9-12(16-8-6-14(19)20-3)18-13(17-11)10-21-5-2/h9H,4-8,10H2,1-3H3,(H2,15,16,17,18). The summed E-state index contributed by atoms with van der Waals surface area (Å²) in [6.07, 6.45) is 1.30. The van der Waals surface area contributed by atoms with E-state index < -0.39 is 0 Å². The van der Waals surface area contributed by atoms with Crippen molar-refractivity contribution in [1.82, 2.24) is 9.97 Å². The van der Waals surface area contributed by atoms with E-state index in [1.807, 2.05) is 13.0 Å². The fourth-order valence-corrected chi connectivity index (χ4v) is 1.58. The number of methoxy groups -OCH3 is 1. The average molecular weight is 296 g/mol. The summed E-state index contributed by atoms with van der Waals surface area (Å²) < 4.78 is 9.94. The van der Waals surface area contributed by atoms with Gasteiger partial charge in [0.25, 0.3) is 0 Å². The predicted molar refractivity (Wildman–Crippen MR) is 81.3 cm³/mol. The molecule has 1 rings (SSSR count). The van der Waals surface area contributed by atoms with E-state index in [4.69, 9.17) is 4.74 Å². The molecule has 0 amide bonds. The number of esters is 1. The minimum absolute atomic E-state index is 0.254. The lowest BCUT2D eigenvalue weighted by atomic mass is 10.4. The maximum atomic E-state index is 11.1. The highest BCUT2D eigenvalue weighted by Crippen LogP contribution is 2.12. The van der Waals surface area contributed by atoms with E-state index in [2.05, 4.69) is 32.3 Å². The summed E-state index contributed by atoms with van der Waals surface area (Å²) in [5.74, 6) is 1.78. The number of ether oxygens (including phenoxy) is 2. The third-order valence-corrected chi connectivity index (χ3v) is 2.63. The average Bonchev–Trinajstić information content (AvgIpc) is 2.50. The molecule has 7 heteroatoms. The number of aromatic nitrogens is 2. The molecule has 0 aromatic carbocycles. The van der Waals surface area contributed by atoms with Crippen molar-refractivity contribution in [3.8, 4) is 0 Å². The Morgan fingerprint density at radius 3 is 2.43 bits per heavy atom. The molecule has 2 N–H and O–H groups in total. The van der Waals surface area contributed by atoms with Crippen molar-refractivity contribution in [3.05, 3.63) is 11.9 Å². The Morgan fingerprint density at radius 2 is 1.86 bits per heavy atom. The van der Waals surface area contributed by atoms with Crippen LogP contribution in [0.2, 0.25) is 0 Å². The van der Waals surface area contributed by atoms with Crippen molar-refractivity contribution in [3.63, 3.8) is 0 Å². The zero-order valence-electron chi connectivity index (χ0n) is 12.9. The van der Waals surface area contributed by atoms with Crippen LogP contribution in [0.3, 0.4) is 0 Å². The van der Waals surface area contributed by atoms with E-state index in [1.165, 1.54) is 7.11 Å². The van der Waals surface area contributed by atoms with Crippen LogP contribution < -0.4 is 10.6 Å². The minimum Gasteiger partial charge on any atom is -0.469 e. The van der Waals surface area contributed by atoms with Gasteiger partial charge >= 0.3 is 5.97 Å². The first-order valence-corrected chi connectivity index (χ1v) is 7.19. The van der Waals surface area contributed by atoms with Gasteiger partial charge in [0.05, 0.1) is 13.5 Å². The molecule has 7 nitrogen and oxygen atoms in total. The second-order valence-corrected chi connectivity index (χ2v) is 4.37. The van der Waals surface area contributed by atoms with E-state index in [1.54, 1.807) is 0 Å². The number of nitrogens with zero attached hydrogens (tertiary/aromatic N) is 2. The van der Waals surface area contributed by atoms with Gasteiger partial charge in [-0.2, -0.15) is 0 Å². The van der Waals surface area contributed by atoms with Crippen LogP contribution in [0, 0.1) is 0 Å².